The van der Waals surface area contributed by atoms with Gasteiger partial charge in [-0.1, -0.05) is 18.6 Å². The van der Waals surface area contributed by atoms with E-state index in [1.165, 1.54) is 17.7 Å². The van der Waals surface area contributed by atoms with Crippen LogP contribution in [-0.4, -0.2) is 46.5 Å². The molecule has 2 fully saturated rings. The highest BCUT2D eigenvalue weighted by atomic mass is 19.3. The second-order valence-electron chi connectivity index (χ2n) is 8.09. The number of anilines is 1. The molecule has 2 aliphatic rings. The number of halogens is 2. The molecular formula is C22H23F2N5O2. The summed E-state index contributed by atoms with van der Waals surface area (Å²) in [5.41, 5.74) is 3.01. The van der Waals surface area contributed by atoms with Crippen LogP contribution in [0.25, 0.3) is 11.5 Å². The van der Waals surface area contributed by atoms with E-state index in [9.17, 15) is 8.78 Å². The molecule has 2 aromatic heterocycles. The van der Waals surface area contributed by atoms with E-state index in [1.54, 1.807) is 12.4 Å². The first-order valence-electron chi connectivity index (χ1n) is 10.5. The van der Waals surface area contributed by atoms with E-state index in [0.717, 1.165) is 45.6 Å². The molecular weight excluding hydrogens is 404 g/mol. The normalized spacial score (nSPS) is 18.2. The van der Waals surface area contributed by atoms with Crippen molar-refractivity contribution in [1.82, 2.24) is 20.2 Å². The summed E-state index contributed by atoms with van der Waals surface area (Å²) in [7, 11) is 0. The maximum Gasteiger partial charge on any atom is 0.314 e. The van der Waals surface area contributed by atoms with Gasteiger partial charge in [0, 0.05) is 43.0 Å². The Kier molecular flexibility index (Phi) is 5.35. The van der Waals surface area contributed by atoms with E-state index in [0.29, 0.717) is 11.4 Å². The number of hydrogen-bond donors (Lipinski definition) is 0. The Morgan fingerprint density at radius 3 is 2.29 bits per heavy atom. The standard InChI is InChI=1S/C22H23F2N5O2/c23-19(24)21-28-27-20(31-21)15-13-25-18(26-14-15)12-22(6-1-7-22)16-2-4-17(5-3-16)29-8-10-30-11-9-29/h2-5,13-14,19H,1,6-12H2. The van der Waals surface area contributed by atoms with Crippen molar-refractivity contribution in [1.29, 1.82) is 0 Å². The lowest BCUT2D eigenvalue weighted by molar-refractivity contribution is 0.116. The summed E-state index contributed by atoms with van der Waals surface area (Å²) in [6.45, 7) is 3.38. The third-order valence-electron chi connectivity index (χ3n) is 6.24. The number of morpholine rings is 1. The Morgan fingerprint density at radius 2 is 1.71 bits per heavy atom. The SMILES string of the molecule is FC(F)c1nnc(-c2cnc(CC3(c4ccc(N5CCOCC5)cc4)CCC3)nc2)o1. The Hall–Kier alpha value is -2.94. The van der Waals surface area contributed by atoms with Gasteiger partial charge in [0.25, 0.3) is 11.8 Å². The summed E-state index contributed by atoms with van der Waals surface area (Å²) in [6.07, 6.45) is 4.41. The van der Waals surface area contributed by atoms with Crippen LogP contribution >= 0.6 is 0 Å². The summed E-state index contributed by atoms with van der Waals surface area (Å²) in [5, 5.41) is 6.99. The van der Waals surface area contributed by atoms with E-state index < -0.39 is 12.3 Å². The largest absolute Gasteiger partial charge is 0.415 e. The van der Waals surface area contributed by atoms with E-state index in [2.05, 4.69) is 49.3 Å². The van der Waals surface area contributed by atoms with Crippen molar-refractivity contribution in [2.24, 2.45) is 0 Å². The highest BCUT2D eigenvalue weighted by Gasteiger charge is 2.39. The molecule has 3 heterocycles. The molecule has 1 aliphatic carbocycles. The maximum absolute atomic E-state index is 12.6. The lowest BCUT2D eigenvalue weighted by Gasteiger charge is -2.42. The molecule has 0 bridgehead atoms. The topological polar surface area (TPSA) is 77.2 Å². The molecule has 1 saturated carbocycles. The van der Waals surface area contributed by atoms with Crippen LogP contribution in [0.4, 0.5) is 14.5 Å². The molecule has 0 unspecified atom stereocenters. The number of rotatable bonds is 6. The smallest absolute Gasteiger partial charge is 0.314 e. The molecule has 31 heavy (non-hydrogen) atoms. The summed E-state index contributed by atoms with van der Waals surface area (Å²) >= 11 is 0. The molecule has 0 amide bonds. The molecule has 1 saturated heterocycles. The number of ether oxygens (including phenoxy) is 1. The number of alkyl halides is 2. The lowest BCUT2D eigenvalue weighted by atomic mass is 9.62. The van der Waals surface area contributed by atoms with Crippen molar-refractivity contribution in [2.45, 2.75) is 37.5 Å². The molecule has 5 rings (SSSR count). The van der Waals surface area contributed by atoms with Crippen LogP contribution in [0.2, 0.25) is 0 Å². The minimum absolute atomic E-state index is 0.00101. The molecule has 0 radical (unpaired) electrons. The van der Waals surface area contributed by atoms with Crippen molar-refractivity contribution in [2.75, 3.05) is 31.2 Å². The highest BCUT2D eigenvalue weighted by molar-refractivity contribution is 5.50. The molecule has 0 atom stereocenters. The van der Waals surface area contributed by atoms with E-state index in [4.69, 9.17) is 9.15 Å². The Morgan fingerprint density at radius 1 is 1.00 bits per heavy atom. The fourth-order valence-corrected chi connectivity index (χ4v) is 4.32. The summed E-state index contributed by atoms with van der Waals surface area (Å²) in [5.74, 6) is 0.0150. The number of hydrogen-bond acceptors (Lipinski definition) is 7. The molecule has 7 nitrogen and oxygen atoms in total. The number of benzene rings is 1. The van der Waals surface area contributed by atoms with E-state index >= 15 is 0 Å². The van der Waals surface area contributed by atoms with Crippen LogP contribution < -0.4 is 4.90 Å². The molecule has 0 spiro atoms. The first-order valence-corrected chi connectivity index (χ1v) is 10.5. The van der Waals surface area contributed by atoms with Crippen LogP contribution in [0.15, 0.2) is 41.1 Å². The zero-order valence-electron chi connectivity index (χ0n) is 17.0. The van der Waals surface area contributed by atoms with Crippen LogP contribution in [0.3, 0.4) is 0 Å². The van der Waals surface area contributed by atoms with Crippen LogP contribution in [0.1, 0.15) is 43.0 Å². The van der Waals surface area contributed by atoms with Crippen molar-refractivity contribution in [3.8, 4) is 11.5 Å². The van der Waals surface area contributed by atoms with Gasteiger partial charge >= 0.3 is 6.43 Å². The molecule has 9 heteroatoms. The average Bonchev–Trinajstić information content (AvgIpc) is 3.28. The Bertz CT molecular complexity index is 1010. The fourth-order valence-electron chi connectivity index (χ4n) is 4.32. The molecule has 1 aliphatic heterocycles. The fraction of sp³-hybridized carbons (Fsp3) is 0.455. The quantitative estimate of drug-likeness (QED) is 0.589. The van der Waals surface area contributed by atoms with E-state index in [1.807, 2.05) is 0 Å². The van der Waals surface area contributed by atoms with Gasteiger partial charge in [0.1, 0.15) is 5.82 Å². The highest BCUT2D eigenvalue weighted by Crippen LogP contribution is 2.46. The molecule has 162 valence electrons. The van der Waals surface area contributed by atoms with Gasteiger partial charge in [0.05, 0.1) is 18.8 Å². The predicted octanol–water partition coefficient (Wildman–Crippen LogP) is 3.97. The number of nitrogens with zero attached hydrogens (tertiary/aromatic N) is 5. The maximum atomic E-state index is 12.6. The van der Waals surface area contributed by atoms with Crippen molar-refractivity contribution in [3.63, 3.8) is 0 Å². The molecule has 0 N–H and O–H groups in total. The summed E-state index contributed by atoms with van der Waals surface area (Å²) in [6, 6.07) is 8.84. The van der Waals surface area contributed by atoms with Crippen LogP contribution in [0, 0.1) is 0 Å². The monoisotopic (exact) mass is 427 g/mol. The number of aromatic nitrogens is 4. The zero-order valence-corrected chi connectivity index (χ0v) is 17.0. The van der Waals surface area contributed by atoms with Crippen LogP contribution in [0.5, 0.6) is 0 Å². The van der Waals surface area contributed by atoms with Crippen LogP contribution in [-0.2, 0) is 16.6 Å². The summed E-state index contributed by atoms with van der Waals surface area (Å²) < 4.78 is 35.7. The van der Waals surface area contributed by atoms with Crippen molar-refractivity contribution < 1.29 is 17.9 Å². The Labute approximate surface area is 178 Å². The zero-order chi connectivity index (χ0) is 21.3. The van der Waals surface area contributed by atoms with Gasteiger partial charge in [0.2, 0.25) is 0 Å². The molecule has 1 aromatic carbocycles. The minimum atomic E-state index is -2.80. The van der Waals surface area contributed by atoms with Gasteiger partial charge in [0.15, 0.2) is 0 Å². The van der Waals surface area contributed by atoms with Gasteiger partial charge in [-0.3, -0.25) is 0 Å². The van der Waals surface area contributed by atoms with Gasteiger partial charge in [-0.05, 0) is 30.5 Å². The predicted molar refractivity (Wildman–Crippen MR) is 109 cm³/mol. The first kappa shape index (κ1) is 20.0. The lowest BCUT2D eigenvalue weighted by Crippen LogP contribution is -2.38. The third kappa shape index (κ3) is 4.01. The average molecular weight is 427 g/mol. The third-order valence-corrected chi connectivity index (χ3v) is 6.24. The minimum Gasteiger partial charge on any atom is -0.415 e. The first-order chi connectivity index (χ1) is 15.1. The van der Waals surface area contributed by atoms with Crippen molar-refractivity contribution in [3.05, 3.63) is 53.9 Å². The van der Waals surface area contributed by atoms with Gasteiger partial charge < -0.3 is 14.1 Å². The van der Waals surface area contributed by atoms with E-state index in [-0.39, 0.29) is 11.3 Å². The second kappa shape index (κ2) is 8.30. The Balaban J connectivity index is 1.30. The van der Waals surface area contributed by atoms with Gasteiger partial charge in [-0.15, -0.1) is 10.2 Å². The molecule has 3 aromatic rings. The second-order valence-corrected chi connectivity index (χ2v) is 8.09. The summed E-state index contributed by atoms with van der Waals surface area (Å²) in [4.78, 5) is 11.2. The van der Waals surface area contributed by atoms with Gasteiger partial charge in [-0.25, -0.2) is 9.97 Å². The van der Waals surface area contributed by atoms with Crippen molar-refractivity contribution >= 4 is 5.69 Å². The van der Waals surface area contributed by atoms with Gasteiger partial charge in [-0.2, -0.15) is 8.78 Å².